The summed E-state index contributed by atoms with van der Waals surface area (Å²) < 4.78 is 10.7. The molecule has 1 heterocycles. The van der Waals surface area contributed by atoms with E-state index in [1.807, 2.05) is 43.3 Å². The van der Waals surface area contributed by atoms with Gasteiger partial charge in [0.1, 0.15) is 11.5 Å². The van der Waals surface area contributed by atoms with E-state index in [2.05, 4.69) is 10.3 Å². The van der Waals surface area contributed by atoms with E-state index in [-0.39, 0.29) is 0 Å². The van der Waals surface area contributed by atoms with Gasteiger partial charge in [-0.25, -0.2) is 0 Å². The highest BCUT2D eigenvalue weighted by Crippen LogP contribution is 2.35. The molecule has 4 nitrogen and oxygen atoms in total. The minimum absolute atomic E-state index is 0.708. The average molecular weight is 329 g/mol. The molecule has 0 bridgehead atoms. The lowest BCUT2D eigenvalue weighted by Gasteiger charge is -2.14. The van der Waals surface area contributed by atoms with Crippen LogP contribution in [0.2, 0.25) is 5.02 Å². The standard InChI is InChI=1S/C18H17ClN2O2/c1-11-14(19)6-5-13-15(8-9-20-18(11)13)21-16-7-4-12(22-2)10-17(16)23-3/h4-10H,1-3H3,(H,20,21). The number of aromatic nitrogens is 1. The molecule has 0 saturated heterocycles. The molecule has 3 aromatic rings. The van der Waals surface area contributed by atoms with Crippen LogP contribution in [0.3, 0.4) is 0 Å². The summed E-state index contributed by atoms with van der Waals surface area (Å²) in [5.74, 6) is 1.45. The third-order valence-electron chi connectivity index (χ3n) is 3.78. The summed E-state index contributed by atoms with van der Waals surface area (Å²) in [6.45, 7) is 1.97. The first kappa shape index (κ1) is 15.4. The number of aryl methyl sites for hydroxylation is 1. The van der Waals surface area contributed by atoms with Crippen molar-refractivity contribution in [2.45, 2.75) is 6.92 Å². The number of benzene rings is 2. The minimum Gasteiger partial charge on any atom is -0.497 e. The van der Waals surface area contributed by atoms with E-state index in [9.17, 15) is 0 Å². The maximum Gasteiger partial charge on any atom is 0.145 e. The minimum atomic E-state index is 0.708. The van der Waals surface area contributed by atoms with Crippen LogP contribution in [0.15, 0.2) is 42.6 Å². The smallest absolute Gasteiger partial charge is 0.145 e. The summed E-state index contributed by atoms with van der Waals surface area (Å²) >= 11 is 6.19. The monoisotopic (exact) mass is 328 g/mol. The average Bonchev–Trinajstić information content (AvgIpc) is 2.59. The first-order valence-corrected chi connectivity index (χ1v) is 7.54. The summed E-state index contributed by atoms with van der Waals surface area (Å²) in [7, 11) is 3.26. The summed E-state index contributed by atoms with van der Waals surface area (Å²) in [6, 6.07) is 11.4. The second-order valence-electron chi connectivity index (χ2n) is 5.12. The van der Waals surface area contributed by atoms with Crippen LogP contribution in [0.25, 0.3) is 10.9 Å². The second-order valence-corrected chi connectivity index (χ2v) is 5.53. The highest BCUT2D eigenvalue weighted by Gasteiger charge is 2.10. The van der Waals surface area contributed by atoms with Gasteiger partial charge in [0.25, 0.3) is 0 Å². The molecular formula is C18H17ClN2O2. The molecule has 0 aliphatic rings. The number of rotatable bonds is 4. The number of anilines is 2. The predicted octanol–water partition coefficient (Wildman–Crippen LogP) is 4.96. The Balaban J connectivity index is 2.07. The lowest BCUT2D eigenvalue weighted by molar-refractivity contribution is 0.395. The van der Waals surface area contributed by atoms with Crippen LogP contribution in [0.4, 0.5) is 11.4 Å². The molecular weight excluding hydrogens is 312 g/mol. The zero-order chi connectivity index (χ0) is 16.4. The number of methoxy groups -OCH3 is 2. The van der Waals surface area contributed by atoms with Crippen LogP contribution in [-0.2, 0) is 0 Å². The van der Waals surface area contributed by atoms with Crippen molar-refractivity contribution in [1.82, 2.24) is 4.98 Å². The molecule has 1 N–H and O–H groups in total. The van der Waals surface area contributed by atoms with E-state index in [1.165, 1.54) is 0 Å². The Hall–Kier alpha value is -2.46. The van der Waals surface area contributed by atoms with E-state index in [4.69, 9.17) is 21.1 Å². The van der Waals surface area contributed by atoms with E-state index >= 15 is 0 Å². The molecule has 2 aromatic carbocycles. The van der Waals surface area contributed by atoms with Crippen molar-refractivity contribution < 1.29 is 9.47 Å². The molecule has 3 rings (SSSR count). The first-order chi connectivity index (χ1) is 11.1. The lowest BCUT2D eigenvalue weighted by Crippen LogP contribution is -1.97. The van der Waals surface area contributed by atoms with Crippen molar-refractivity contribution in [3.05, 3.63) is 53.2 Å². The summed E-state index contributed by atoms with van der Waals surface area (Å²) in [5, 5.41) is 5.12. The van der Waals surface area contributed by atoms with Crippen LogP contribution in [0.5, 0.6) is 11.5 Å². The Kier molecular flexibility index (Phi) is 4.26. The van der Waals surface area contributed by atoms with Crippen LogP contribution in [0, 0.1) is 6.92 Å². The van der Waals surface area contributed by atoms with Crippen molar-refractivity contribution in [1.29, 1.82) is 0 Å². The van der Waals surface area contributed by atoms with Crippen molar-refractivity contribution in [2.24, 2.45) is 0 Å². The van der Waals surface area contributed by atoms with Crippen LogP contribution in [-0.4, -0.2) is 19.2 Å². The molecule has 0 fully saturated rings. The van der Waals surface area contributed by atoms with Gasteiger partial charge in [0.2, 0.25) is 0 Å². The molecule has 1 aromatic heterocycles. The summed E-state index contributed by atoms with van der Waals surface area (Å²) in [4.78, 5) is 4.44. The van der Waals surface area contributed by atoms with Gasteiger partial charge in [-0.3, -0.25) is 4.98 Å². The number of pyridine rings is 1. The Bertz CT molecular complexity index is 865. The van der Waals surface area contributed by atoms with Gasteiger partial charge in [0.15, 0.2) is 0 Å². The zero-order valence-electron chi connectivity index (χ0n) is 13.2. The SMILES string of the molecule is COc1ccc(Nc2ccnc3c(C)c(Cl)ccc23)c(OC)c1. The molecule has 0 aliphatic heterocycles. The molecule has 0 saturated carbocycles. The fraction of sp³-hybridized carbons (Fsp3) is 0.167. The number of nitrogens with zero attached hydrogens (tertiary/aromatic N) is 1. The van der Waals surface area contributed by atoms with Gasteiger partial charge in [0, 0.05) is 28.4 Å². The van der Waals surface area contributed by atoms with Crippen molar-refractivity contribution in [2.75, 3.05) is 19.5 Å². The second kappa shape index (κ2) is 6.34. The topological polar surface area (TPSA) is 43.4 Å². The fourth-order valence-electron chi connectivity index (χ4n) is 2.49. The normalized spacial score (nSPS) is 10.6. The summed E-state index contributed by atoms with van der Waals surface area (Å²) in [6.07, 6.45) is 1.77. The van der Waals surface area contributed by atoms with Gasteiger partial charge in [-0.15, -0.1) is 0 Å². The van der Waals surface area contributed by atoms with E-state index in [0.717, 1.165) is 33.6 Å². The molecule has 0 amide bonds. The van der Waals surface area contributed by atoms with Gasteiger partial charge in [-0.05, 0) is 42.8 Å². The van der Waals surface area contributed by atoms with Crippen LogP contribution >= 0.6 is 11.6 Å². The molecule has 0 atom stereocenters. The molecule has 0 spiro atoms. The van der Waals surface area contributed by atoms with Crippen molar-refractivity contribution in [3.63, 3.8) is 0 Å². The first-order valence-electron chi connectivity index (χ1n) is 7.17. The largest absolute Gasteiger partial charge is 0.497 e. The Morgan fingerprint density at radius 3 is 2.57 bits per heavy atom. The number of hydrogen-bond acceptors (Lipinski definition) is 4. The predicted molar refractivity (Wildman–Crippen MR) is 94.3 cm³/mol. The van der Waals surface area contributed by atoms with Crippen molar-refractivity contribution >= 4 is 33.9 Å². The van der Waals surface area contributed by atoms with Crippen LogP contribution in [0.1, 0.15) is 5.56 Å². The van der Waals surface area contributed by atoms with Gasteiger partial charge >= 0.3 is 0 Å². The third-order valence-corrected chi connectivity index (χ3v) is 4.19. The lowest BCUT2D eigenvalue weighted by atomic mass is 10.1. The number of nitrogens with one attached hydrogen (secondary N) is 1. The van der Waals surface area contributed by atoms with Crippen LogP contribution < -0.4 is 14.8 Å². The molecule has 118 valence electrons. The highest BCUT2D eigenvalue weighted by molar-refractivity contribution is 6.32. The Morgan fingerprint density at radius 2 is 1.83 bits per heavy atom. The van der Waals surface area contributed by atoms with E-state index in [0.29, 0.717) is 10.8 Å². The highest BCUT2D eigenvalue weighted by atomic mass is 35.5. The van der Waals surface area contributed by atoms with Gasteiger partial charge in [-0.1, -0.05) is 11.6 Å². The maximum absolute atomic E-state index is 6.19. The zero-order valence-corrected chi connectivity index (χ0v) is 13.9. The van der Waals surface area contributed by atoms with E-state index < -0.39 is 0 Å². The summed E-state index contributed by atoms with van der Waals surface area (Å²) in [5.41, 5.74) is 3.65. The molecule has 0 unspecified atom stereocenters. The Labute approximate surface area is 140 Å². The number of fused-ring (bicyclic) bond motifs is 1. The number of halogens is 1. The number of hydrogen-bond donors (Lipinski definition) is 1. The Morgan fingerprint density at radius 1 is 1.00 bits per heavy atom. The quantitative estimate of drug-likeness (QED) is 0.735. The molecule has 0 aliphatic carbocycles. The van der Waals surface area contributed by atoms with Gasteiger partial charge < -0.3 is 14.8 Å². The fourth-order valence-corrected chi connectivity index (χ4v) is 2.64. The third kappa shape index (κ3) is 2.90. The van der Waals surface area contributed by atoms with E-state index in [1.54, 1.807) is 20.4 Å². The van der Waals surface area contributed by atoms with Crippen molar-refractivity contribution in [3.8, 4) is 11.5 Å². The van der Waals surface area contributed by atoms with Gasteiger partial charge in [-0.2, -0.15) is 0 Å². The number of ether oxygens (including phenoxy) is 2. The molecule has 0 radical (unpaired) electrons. The maximum atomic E-state index is 6.19. The molecule has 23 heavy (non-hydrogen) atoms. The molecule has 5 heteroatoms. The van der Waals surface area contributed by atoms with Gasteiger partial charge in [0.05, 0.1) is 25.4 Å².